The number of ether oxygens (including phenoxy) is 2. The van der Waals surface area contributed by atoms with Crippen molar-refractivity contribution in [3.05, 3.63) is 77.1 Å². The topological polar surface area (TPSA) is 231 Å². The van der Waals surface area contributed by atoms with Crippen molar-refractivity contribution in [3.63, 3.8) is 0 Å². The second kappa shape index (κ2) is 20.5. The summed E-state index contributed by atoms with van der Waals surface area (Å²) in [6, 6.07) is 12.1. The van der Waals surface area contributed by atoms with E-state index in [0.717, 1.165) is 11.1 Å². The summed E-state index contributed by atoms with van der Waals surface area (Å²) in [5.41, 5.74) is 17.5. The van der Waals surface area contributed by atoms with E-state index in [9.17, 15) is 28.8 Å². The fraction of sp³-hybridized carbons (Fsp3) is 0.489. The number of nitrogens with two attached hydrogens (primary N) is 2. The van der Waals surface area contributed by atoms with Crippen molar-refractivity contribution in [2.24, 2.45) is 11.8 Å². The van der Waals surface area contributed by atoms with Gasteiger partial charge in [-0.05, 0) is 110 Å². The first-order valence-corrected chi connectivity index (χ1v) is 22.2. The van der Waals surface area contributed by atoms with E-state index >= 15 is 4.39 Å². The molecule has 6 amide bonds. The van der Waals surface area contributed by atoms with Crippen molar-refractivity contribution in [1.29, 1.82) is 0 Å². The molecule has 0 aliphatic carbocycles. The molecule has 0 spiro atoms. The van der Waals surface area contributed by atoms with Gasteiger partial charge in [-0.3, -0.25) is 19.2 Å². The van der Waals surface area contributed by atoms with Crippen LogP contribution in [0.3, 0.4) is 0 Å². The molecule has 17 nitrogen and oxygen atoms in total. The van der Waals surface area contributed by atoms with Crippen LogP contribution in [0.2, 0.25) is 0 Å². The minimum absolute atomic E-state index is 0.249. The predicted octanol–water partition coefficient (Wildman–Crippen LogP) is 6.00. The van der Waals surface area contributed by atoms with Crippen LogP contribution in [-0.2, 0) is 28.7 Å². The highest BCUT2D eigenvalue weighted by Gasteiger charge is 2.41. The molecule has 3 aliphatic heterocycles. The van der Waals surface area contributed by atoms with Gasteiger partial charge in [-0.2, -0.15) is 0 Å². The Morgan fingerprint density at radius 2 is 1.08 bits per heavy atom. The van der Waals surface area contributed by atoms with Crippen molar-refractivity contribution >= 4 is 64.3 Å². The fourth-order valence-electron chi connectivity index (χ4n) is 9.17. The second-order valence-corrected chi connectivity index (χ2v) is 17.7. The number of halogens is 1. The van der Waals surface area contributed by atoms with Crippen molar-refractivity contribution in [2.75, 3.05) is 54.3 Å². The molecule has 65 heavy (non-hydrogen) atoms. The van der Waals surface area contributed by atoms with E-state index in [0.29, 0.717) is 85.6 Å². The molecule has 0 aromatic heterocycles. The highest BCUT2D eigenvalue weighted by molar-refractivity contribution is 6.01. The standard InChI is InChI=1S/C47H62FN9O8/c1-25(2)40(53-46(62)64-6)44(60)55-20-8-10-38(55)42(58)51-34-16-13-28(22-32(34)49)36-18-19-37(57(36)30-15-12-27(5)31(48)24-30)29-14-17-35(33(50)23-29)52-43(59)39-11-9-21-56(39)45(61)41(26(3)4)54-47(63)65-7/h12-17,22-26,36-41H,8-11,18-21,49-50H2,1-7H3,(H,51,58)(H,52,59)(H,53,62)(H,54,63)/t36-,37-,38+,39+,40+,41+/m1/s1. The number of anilines is 5. The third kappa shape index (κ3) is 10.5. The van der Waals surface area contributed by atoms with Crippen LogP contribution in [-0.4, -0.2) is 97.1 Å². The molecule has 18 heteroatoms. The average molecular weight is 900 g/mol. The normalized spacial score (nSPS) is 20.4. The van der Waals surface area contributed by atoms with Gasteiger partial charge in [0.1, 0.15) is 30.0 Å². The first kappa shape index (κ1) is 47.9. The number of rotatable bonds is 13. The number of benzene rings is 3. The number of hydrogen-bond donors (Lipinski definition) is 6. The summed E-state index contributed by atoms with van der Waals surface area (Å²) in [5.74, 6) is -2.38. The first-order chi connectivity index (χ1) is 30.9. The Morgan fingerprint density at radius 1 is 0.646 bits per heavy atom. The number of likely N-dealkylation sites (tertiary alicyclic amines) is 2. The van der Waals surface area contributed by atoms with Gasteiger partial charge >= 0.3 is 12.2 Å². The molecule has 0 saturated carbocycles. The van der Waals surface area contributed by atoms with Crippen LogP contribution in [0.4, 0.5) is 42.4 Å². The molecule has 3 fully saturated rings. The Bertz CT molecular complexity index is 2160. The monoisotopic (exact) mass is 899 g/mol. The maximum atomic E-state index is 15.2. The Labute approximate surface area is 379 Å². The quantitative estimate of drug-likeness (QED) is 0.109. The summed E-state index contributed by atoms with van der Waals surface area (Å²) in [6.07, 6.45) is 1.97. The summed E-state index contributed by atoms with van der Waals surface area (Å²) in [4.78, 5) is 83.7. The third-order valence-electron chi connectivity index (χ3n) is 12.7. The van der Waals surface area contributed by atoms with Gasteiger partial charge in [0.15, 0.2) is 0 Å². The summed E-state index contributed by atoms with van der Waals surface area (Å²) in [5, 5.41) is 11.0. The van der Waals surface area contributed by atoms with Crippen LogP contribution in [0, 0.1) is 24.6 Å². The Morgan fingerprint density at radius 3 is 1.45 bits per heavy atom. The number of amides is 6. The lowest BCUT2D eigenvalue weighted by Crippen LogP contribution is -2.54. The third-order valence-corrected chi connectivity index (χ3v) is 12.7. The SMILES string of the molecule is COC(=O)N[C@H](C(=O)N1CCC[C@H]1C(=O)Nc1ccc([C@H]2CC[C@H](c3ccc(NC(=O)[C@@H]4CCCN4C(=O)[C@@H](NC(=O)OC)C(C)C)c(N)c3)N2c2ccc(C)c(F)c2)cc1N)C(C)C. The smallest absolute Gasteiger partial charge is 0.407 e. The number of methoxy groups -OCH3 is 2. The zero-order valence-electron chi connectivity index (χ0n) is 38.1. The highest BCUT2D eigenvalue weighted by Crippen LogP contribution is 2.48. The molecule has 3 aromatic carbocycles. The lowest BCUT2D eigenvalue weighted by atomic mass is 10.0. The number of carbonyl (C=O) groups is 6. The van der Waals surface area contributed by atoms with Gasteiger partial charge in [-0.1, -0.05) is 45.9 Å². The molecule has 3 aromatic rings. The Hall–Kier alpha value is -6.59. The molecular weight excluding hydrogens is 838 g/mol. The van der Waals surface area contributed by atoms with E-state index in [4.69, 9.17) is 20.9 Å². The predicted molar refractivity (Wildman–Crippen MR) is 245 cm³/mol. The van der Waals surface area contributed by atoms with Crippen molar-refractivity contribution in [3.8, 4) is 0 Å². The largest absolute Gasteiger partial charge is 0.453 e. The number of nitrogens with zero attached hydrogens (tertiary/aromatic N) is 3. The summed E-state index contributed by atoms with van der Waals surface area (Å²) >= 11 is 0. The molecule has 3 saturated heterocycles. The maximum absolute atomic E-state index is 15.2. The van der Waals surface area contributed by atoms with E-state index < -0.39 is 48.2 Å². The maximum Gasteiger partial charge on any atom is 0.407 e. The van der Waals surface area contributed by atoms with Crippen LogP contribution in [0.5, 0.6) is 0 Å². The van der Waals surface area contributed by atoms with E-state index in [1.54, 1.807) is 65.0 Å². The molecule has 0 radical (unpaired) electrons. The van der Waals surface area contributed by atoms with Crippen molar-refractivity contribution in [1.82, 2.24) is 20.4 Å². The fourth-order valence-corrected chi connectivity index (χ4v) is 9.17. The number of hydrogen-bond acceptors (Lipinski definition) is 11. The zero-order chi connectivity index (χ0) is 47.3. The van der Waals surface area contributed by atoms with Gasteiger partial charge in [-0.25, -0.2) is 14.0 Å². The van der Waals surface area contributed by atoms with Gasteiger partial charge in [-0.15, -0.1) is 0 Å². The minimum atomic E-state index is -0.870. The van der Waals surface area contributed by atoms with E-state index in [-0.39, 0.29) is 41.6 Å². The Kier molecular flexibility index (Phi) is 15.1. The van der Waals surface area contributed by atoms with Crippen LogP contribution < -0.4 is 37.6 Å². The number of nitrogen functional groups attached to an aromatic ring is 2. The van der Waals surface area contributed by atoms with Gasteiger partial charge in [0.2, 0.25) is 23.6 Å². The number of carbonyl (C=O) groups excluding carboxylic acids is 6. The number of alkyl carbamates (subject to hydrolysis) is 2. The van der Waals surface area contributed by atoms with Gasteiger partial charge in [0.25, 0.3) is 0 Å². The molecule has 8 N–H and O–H groups in total. The van der Waals surface area contributed by atoms with Crippen LogP contribution in [0.25, 0.3) is 0 Å². The van der Waals surface area contributed by atoms with Crippen LogP contribution in [0.15, 0.2) is 54.6 Å². The highest BCUT2D eigenvalue weighted by atomic mass is 19.1. The summed E-state index contributed by atoms with van der Waals surface area (Å²) < 4.78 is 24.7. The van der Waals surface area contributed by atoms with Gasteiger partial charge < -0.3 is 56.9 Å². The van der Waals surface area contributed by atoms with Gasteiger partial charge in [0, 0.05) is 18.8 Å². The van der Waals surface area contributed by atoms with Crippen LogP contribution >= 0.6 is 0 Å². The van der Waals surface area contributed by atoms with E-state index in [1.807, 2.05) is 18.2 Å². The first-order valence-electron chi connectivity index (χ1n) is 22.2. The van der Waals surface area contributed by atoms with Crippen molar-refractivity contribution < 1.29 is 42.6 Å². The minimum Gasteiger partial charge on any atom is -0.453 e. The lowest BCUT2D eigenvalue weighted by molar-refractivity contribution is -0.139. The molecule has 350 valence electrons. The van der Waals surface area contributed by atoms with Crippen LogP contribution in [0.1, 0.15) is 95.0 Å². The second-order valence-electron chi connectivity index (χ2n) is 17.7. The number of nitrogens with one attached hydrogen (secondary N) is 4. The molecule has 6 rings (SSSR count). The average Bonchev–Trinajstić information content (AvgIpc) is 4.07. The summed E-state index contributed by atoms with van der Waals surface area (Å²) in [6.45, 7) is 9.63. The molecule has 6 atom stereocenters. The molecular formula is C47H62FN9O8. The van der Waals surface area contributed by atoms with E-state index in [1.165, 1.54) is 30.1 Å². The zero-order valence-corrected chi connectivity index (χ0v) is 38.1. The summed E-state index contributed by atoms with van der Waals surface area (Å²) in [7, 11) is 2.45. The van der Waals surface area contributed by atoms with Gasteiger partial charge in [0.05, 0.1) is 49.1 Å². The number of aryl methyl sites for hydroxylation is 1. The molecule has 3 heterocycles. The van der Waals surface area contributed by atoms with Crippen molar-refractivity contribution in [2.45, 2.75) is 109 Å². The van der Waals surface area contributed by atoms with E-state index in [2.05, 4.69) is 26.2 Å². The lowest BCUT2D eigenvalue weighted by Gasteiger charge is -2.34. The molecule has 3 aliphatic rings. The molecule has 0 unspecified atom stereocenters. The molecule has 0 bridgehead atoms. The Balaban J connectivity index is 1.19.